The maximum absolute atomic E-state index is 11.9. The van der Waals surface area contributed by atoms with Crippen molar-refractivity contribution >= 4 is 11.6 Å². The van der Waals surface area contributed by atoms with Crippen molar-refractivity contribution in [3.8, 4) is 5.75 Å². The van der Waals surface area contributed by atoms with Crippen LogP contribution < -0.4 is 15.4 Å². The molecule has 0 fully saturated rings. The third-order valence-corrected chi connectivity index (χ3v) is 3.97. The fourth-order valence-electron chi connectivity index (χ4n) is 2.13. The molecule has 0 saturated heterocycles. The van der Waals surface area contributed by atoms with E-state index in [4.69, 9.17) is 4.74 Å². The van der Waals surface area contributed by atoms with Crippen molar-refractivity contribution < 1.29 is 14.6 Å². The normalized spacial score (nSPS) is 11.2. The van der Waals surface area contributed by atoms with Crippen molar-refractivity contribution in [1.29, 1.82) is 0 Å². The van der Waals surface area contributed by atoms with Crippen molar-refractivity contribution in [2.75, 3.05) is 32.1 Å². The molecule has 0 spiro atoms. The molecule has 5 heteroatoms. The standard InChI is InChI=1S/C16H26N2O3/c1-4-16(5-2,12-19)11-17-10-15(20)18-13-7-6-8-14(9-13)21-3/h6-9,17,19H,4-5,10-12H2,1-3H3,(H,18,20). The zero-order valence-corrected chi connectivity index (χ0v) is 13.1. The van der Waals surface area contributed by atoms with Crippen molar-refractivity contribution in [1.82, 2.24) is 5.32 Å². The SMILES string of the molecule is CCC(CC)(CO)CNCC(=O)Nc1cccc(OC)c1. The van der Waals surface area contributed by atoms with Crippen molar-refractivity contribution in [3.05, 3.63) is 24.3 Å². The molecule has 1 amide bonds. The van der Waals surface area contributed by atoms with E-state index in [1.165, 1.54) is 0 Å². The smallest absolute Gasteiger partial charge is 0.238 e. The first-order valence-electron chi connectivity index (χ1n) is 7.34. The highest BCUT2D eigenvalue weighted by Gasteiger charge is 2.24. The van der Waals surface area contributed by atoms with Crippen molar-refractivity contribution in [2.45, 2.75) is 26.7 Å². The molecule has 0 aromatic heterocycles. The summed E-state index contributed by atoms with van der Waals surface area (Å²) in [5, 5.41) is 15.4. The number of carbonyl (C=O) groups excluding carboxylic acids is 1. The number of ether oxygens (including phenoxy) is 1. The van der Waals surface area contributed by atoms with Gasteiger partial charge in [0.25, 0.3) is 0 Å². The summed E-state index contributed by atoms with van der Waals surface area (Å²) >= 11 is 0. The van der Waals surface area contributed by atoms with E-state index in [1.807, 2.05) is 18.2 Å². The first kappa shape index (κ1) is 17.5. The van der Waals surface area contributed by atoms with Crippen LogP contribution in [0.1, 0.15) is 26.7 Å². The molecule has 0 aliphatic carbocycles. The molecule has 21 heavy (non-hydrogen) atoms. The van der Waals surface area contributed by atoms with Crippen LogP contribution in [-0.2, 0) is 4.79 Å². The lowest BCUT2D eigenvalue weighted by molar-refractivity contribution is -0.115. The maximum atomic E-state index is 11.9. The Balaban J connectivity index is 2.43. The summed E-state index contributed by atoms with van der Waals surface area (Å²) in [4.78, 5) is 11.9. The minimum Gasteiger partial charge on any atom is -0.497 e. The quantitative estimate of drug-likeness (QED) is 0.651. The summed E-state index contributed by atoms with van der Waals surface area (Å²) in [6.45, 7) is 5.08. The highest BCUT2D eigenvalue weighted by molar-refractivity contribution is 5.92. The van der Waals surface area contributed by atoms with Crippen LogP contribution in [0.15, 0.2) is 24.3 Å². The summed E-state index contributed by atoms with van der Waals surface area (Å²) in [6, 6.07) is 7.24. The first-order valence-corrected chi connectivity index (χ1v) is 7.34. The second-order valence-corrected chi connectivity index (χ2v) is 5.25. The topological polar surface area (TPSA) is 70.6 Å². The van der Waals surface area contributed by atoms with Crippen LogP contribution >= 0.6 is 0 Å². The maximum Gasteiger partial charge on any atom is 0.238 e. The molecule has 0 radical (unpaired) electrons. The number of aliphatic hydroxyl groups is 1. The number of nitrogens with one attached hydrogen (secondary N) is 2. The fraction of sp³-hybridized carbons (Fsp3) is 0.562. The van der Waals surface area contributed by atoms with Gasteiger partial charge in [-0.2, -0.15) is 0 Å². The van der Waals surface area contributed by atoms with Gasteiger partial charge in [-0.1, -0.05) is 19.9 Å². The van der Waals surface area contributed by atoms with E-state index in [0.717, 1.165) is 12.8 Å². The predicted octanol–water partition coefficient (Wildman–Crippen LogP) is 2.02. The average molecular weight is 294 g/mol. The Morgan fingerprint density at radius 2 is 2.05 bits per heavy atom. The summed E-state index contributed by atoms with van der Waals surface area (Å²) in [7, 11) is 1.59. The molecule has 1 aromatic carbocycles. The van der Waals surface area contributed by atoms with Crippen LogP contribution in [0.3, 0.4) is 0 Å². The third-order valence-electron chi connectivity index (χ3n) is 3.97. The number of hydrogen-bond donors (Lipinski definition) is 3. The highest BCUT2D eigenvalue weighted by Crippen LogP contribution is 2.24. The van der Waals surface area contributed by atoms with Gasteiger partial charge < -0.3 is 20.5 Å². The van der Waals surface area contributed by atoms with Crippen LogP contribution in [0.4, 0.5) is 5.69 Å². The highest BCUT2D eigenvalue weighted by atomic mass is 16.5. The van der Waals surface area contributed by atoms with Crippen molar-refractivity contribution in [2.24, 2.45) is 5.41 Å². The van der Waals surface area contributed by atoms with E-state index in [9.17, 15) is 9.90 Å². The molecular formula is C16H26N2O3. The molecule has 0 heterocycles. The molecule has 0 aliphatic rings. The number of rotatable bonds is 9. The Morgan fingerprint density at radius 3 is 2.62 bits per heavy atom. The van der Waals surface area contributed by atoms with Crippen LogP contribution in [-0.4, -0.2) is 37.8 Å². The summed E-state index contributed by atoms with van der Waals surface area (Å²) in [5.74, 6) is 0.597. The lowest BCUT2D eigenvalue weighted by atomic mass is 9.83. The monoisotopic (exact) mass is 294 g/mol. The van der Waals surface area contributed by atoms with Gasteiger partial charge in [0, 0.05) is 30.3 Å². The fourth-order valence-corrected chi connectivity index (χ4v) is 2.13. The third kappa shape index (κ3) is 5.36. The molecular weight excluding hydrogens is 268 g/mol. The van der Waals surface area contributed by atoms with E-state index in [0.29, 0.717) is 18.0 Å². The van der Waals surface area contributed by atoms with E-state index in [1.54, 1.807) is 13.2 Å². The molecule has 0 atom stereocenters. The number of benzene rings is 1. The van der Waals surface area contributed by atoms with E-state index in [-0.39, 0.29) is 24.5 Å². The zero-order chi connectivity index (χ0) is 15.7. The Bertz CT molecular complexity index is 437. The Labute approximate surface area is 126 Å². The van der Waals surface area contributed by atoms with Gasteiger partial charge in [0.1, 0.15) is 5.75 Å². The molecule has 3 N–H and O–H groups in total. The van der Waals surface area contributed by atoms with Gasteiger partial charge in [-0.15, -0.1) is 0 Å². The Kier molecular flexibility index (Phi) is 7.19. The van der Waals surface area contributed by atoms with Gasteiger partial charge in [-0.3, -0.25) is 4.79 Å². The number of amides is 1. The number of carbonyl (C=O) groups is 1. The second-order valence-electron chi connectivity index (χ2n) is 5.25. The lowest BCUT2D eigenvalue weighted by Gasteiger charge is -2.29. The predicted molar refractivity (Wildman–Crippen MR) is 84.6 cm³/mol. The molecule has 0 saturated carbocycles. The minimum atomic E-state index is -0.143. The number of anilines is 1. The van der Waals surface area contributed by atoms with Gasteiger partial charge in [-0.25, -0.2) is 0 Å². The van der Waals surface area contributed by atoms with E-state index in [2.05, 4.69) is 24.5 Å². The summed E-state index contributed by atoms with van der Waals surface area (Å²) in [6.07, 6.45) is 1.76. The second kappa shape index (κ2) is 8.64. The van der Waals surface area contributed by atoms with Gasteiger partial charge in [0.05, 0.1) is 13.7 Å². The van der Waals surface area contributed by atoms with Gasteiger partial charge in [0.15, 0.2) is 0 Å². The molecule has 1 rings (SSSR count). The zero-order valence-electron chi connectivity index (χ0n) is 13.1. The van der Waals surface area contributed by atoms with Crippen molar-refractivity contribution in [3.63, 3.8) is 0 Å². The summed E-state index contributed by atoms with van der Waals surface area (Å²) in [5.41, 5.74) is 0.566. The molecule has 118 valence electrons. The molecule has 0 aliphatic heterocycles. The number of aliphatic hydroxyl groups excluding tert-OH is 1. The van der Waals surface area contributed by atoms with Gasteiger partial charge >= 0.3 is 0 Å². The summed E-state index contributed by atoms with van der Waals surface area (Å²) < 4.78 is 5.11. The Hall–Kier alpha value is -1.59. The molecule has 0 bridgehead atoms. The van der Waals surface area contributed by atoms with Crippen LogP contribution in [0.25, 0.3) is 0 Å². The molecule has 0 unspecified atom stereocenters. The van der Waals surface area contributed by atoms with Gasteiger partial charge in [-0.05, 0) is 25.0 Å². The van der Waals surface area contributed by atoms with E-state index >= 15 is 0 Å². The molecule has 5 nitrogen and oxygen atoms in total. The van der Waals surface area contributed by atoms with E-state index < -0.39 is 0 Å². The van der Waals surface area contributed by atoms with Crippen LogP contribution in [0.5, 0.6) is 5.75 Å². The largest absolute Gasteiger partial charge is 0.497 e. The minimum absolute atomic E-state index is 0.109. The van der Waals surface area contributed by atoms with Gasteiger partial charge in [0.2, 0.25) is 5.91 Å². The average Bonchev–Trinajstić information content (AvgIpc) is 2.52. The first-order chi connectivity index (χ1) is 10.1. The van der Waals surface area contributed by atoms with Crippen LogP contribution in [0.2, 0.25) is 0 Å². The van der Waals surface area contributed by atoms with Crippen LogP contribution in [0, 0.1) is 5.41 Å². The number of methoxy groups -OCH3 is 1. The Morgan fingerprint density at radius 1 is 1.33 bits per heavy atom. The molecule has 1 aromatic rings. The lowest BCUT2D eigenvalue weighted by Crippen LogP contribution is -2.39. The number of hydrogen-bond acceptors (Lipinski definition) is 4.